The minimum Gasteiger partial charge on any atom is -0.360 e. The van der Waals surface area contributed by atoms with Gasteiger partial charge in [0.25, 0.3) is 5.91 Å². The molecule has 0 aliphatic carbocycles. The largest absolute Gasteiger partial charge is 0.360 e. The smallest absolute Gasteiger partial charge is 0.291 e. The Morgan fingerprint density at radius 1 is 1.50 bits per heavy atom. The van der Waals surface area contributed by atoms with Gasteiger partial charge in [-0.2, -0.15) is 4.99 Å². The number of aliphatic imine (C=N–C) groups is 1. The van der Waals surface area contributed by atoms with Crippen LogP contribution in [0.15, 0.2) is 33.8 Å². The van der Waals surface area contributed by atoms with Gasteiger partial charge in [0.15, 0.2) is 0 Å². The molecule has 0 radical (unpaired) electrons. The summed E-state index contributed by atoms with van der Waals surface area (Å²) in [5.74, 6) is -0.178. The van der Waals surface area contributed by atoms with Crippen LogP contribution in [0.3, 0.4) is 0 Å². The normalized spacial score (nSPS) is 9.89. The maximum atomic E-state index is 11.8. The van der Waals surface area contributed by atoms with Gasteiger partial charge in [-0.1, -0.05) is 35.0 Å². The fraction of sp³-hybridized carbons (Fsp3) is 0.0833. The number of carbonyl (C=O) groups is 1. The second-order valence-electron chi connectivity index (χ2n) is 3.45. The fourth-order valence-electron chi connectivity index (χ4n) is 1.56. The predicted octanol–water partition coefficient (Wildman–Crippen LogP) is 3.55. The van der Waals surface area contributed by atoms with Crippen molar-refractivity contribution in [3.05, 3.63) is 40.6 Å². The van der Waals surface area contributed by atoms with E-state index in [4.69, 9.17) is 16.1 Å². The quantitative estimate of drug-likeness (QED) is 0.623. The van der Waals surface area contributed by atoms with Crippen molar-refractivity contribution in [2.45, 2.75) is 6.92 Å². The van der Waals surface area contributed by atoms with Crippen LogP contribution in [0.2, 0.25) is 5.02 Å². The summed E-state index contributed by atoms with van der Waals surface area (Å²) in [4.78, 5) is 15.2. The van der Waals surface area contributed by atoms with E-state index in [1.54, 1.807) is 31.2 Å². The molecule has 0 N–H and O–H groups in total. The van der Waals surface area contributed by atoms with E-state index >= 15 is 0 Å². The zero-order valence-corrected chi connectivity index (χ0v) is 10.9. The molecule has 1 aromatic carbocycles. The Labute approximate surface area is 113 Å². The number of thiocarbonyl (C=S) groups is 1. The van der Waals surface area contributed by atoms with Gasteiger partial charge in [-0.25, -0.2) is 0 Å². The molecular formula is C12H7ClN2O2S. The zero-order valence-electron chi connectivity index (χ0n) is 9.31. The summed E-state index contributed by atoms with van der Waals surface area (Å²) in [6.07, 6.45) is 0. The first-order chi connectivity index (χ1) is 8.65. The monoisotopic (exact) mass is 278 g/mol. The van der Waals surface area contributed by atoms with E-state index in [2.05, 4.69) is 22.4 Å². The van der Waals surface area contributed by atoms with Crippen LogP contribution in [-0.4, -0.2) is 16.2 Å². The molecule has 1 amide bonds. The standard InChI is InChI=1S/C12H7ClN2O2S/c1-7-10(12(16)14-6-18)11(15-17-7)8-4-2-3-5-9(8)13/h2-5H,1H3. The number of nitrogens with zero attached hydrogens (tertiary/aromatic N) is 2. The van der Waals surface area contributed by atoms with Gasteiger partial charge in [0, 0.05) is 5.56 Å². The number of hydrogen-bond donors (Lipinski definition) is 0. The molecule has 2 aromatic rings. The summed E-state index contributed by atoms with van der Waals surface area (Å²) in [5, 5.41) is 6.36. The minimum atomic E-state index is -0.543. The molecule has 0 aliphatic rings. The lowest BCUT2D eigenvalue weighted by atomic mass is 10.1. The Kier molecular flexibility index (Phi) is 3.67. The van der Waals surface area contributed by atoms with E-state index < -0.39 is 5.91 Å². The van der Waals surface area contributed by atoms with Crippen molar-refractivity contribution in [3.63, 3.8) is 0 Å². The second kappa shape index (κ2) is 5.23. The molecule has 90 valence electrons. The van der Waals surface area contributed by atoms with Gasteiger partial charge in [-0.15, -0.1) is 0 Å². The SMILES string of the molecule is Cc1onc(-c2ccccc2Cl)c1C(=O)N=C=S. The summed E-state index contributed by atoms with van der Waals surface area (Å²) in [6.45, 7) is 1.62. The van der Waals surface area contributed by atoms with E-state index in [-0.39, 0.29) is 5.56 Å². The zero-order chi connectivity index (χ0) is 13.1. The molecule has 0 saturated heterocycles. The predicted molar refractivity (Wildman–Crippen MR) is 71.0 cm³/mol. The summed E-state index contributed by atoms with van der Waals surface area (Å²) in [6, 6.07) is 7.03. The highest BCUT2D eigenvalue weighted by Crippen LogP contribution is 2.31. The minimum absolute atomic E-state index is 0.250. The van der Waals surface area contributed by atoms with Crippen LogP contribution in [0.5, 0.6) is 0 Å². The van der Waals surface area contributed by atoms with Gasteiger partial charge in [-0.05, 0) is 25.2 Å². The van der Waals surface area contributed by atoms with E-state index in [1.807, 2.05) is 5.16 Å². The number of hydrogen-bond acceptors (Lipinski definition) is 4. The molecule has 0 fully saturated rings. The number of carbonyl (C=O) groups excluding carboxylic acids is 1. The average molecular weight is 279 g/mol. The van der Waals surface area contributed by atoms with E-state index in [0.717, 1.165) is 0 Å². The van der Waals surface area contributed by atoms with Gasteiger partial charge in [0.1, 0.15) is 17.0 Å². The molecule has 4 nitrogen and oxygen atoms in total. The topological polar surface area (TPSA) is 55.5 Å². The highest BCUT2D eigenvalue weighted by atomic mass is 35.5. The number of aromatic nitrogens is 1. The summed E-state index contributed by atoms with van der Waals surface area (Å²) in [7, 11) is 0. The highest BCUT2D eigenvalue weighted by Gasteiger charge is 2.22. The van der Waals surface area contributed by atoms with Crippen LogP contribution in [0.4, 0.5) is 0 Å². The molecule has 1 aromatic heterocycles. The number of aryl methyl sites for hydroxylation is 1. The van der Waals surface area contributed by atoms with Crippen LogP contribution in [0.1, 0.15) is 16.1 Å². The van der Waals surface area contributed by atoms with Gasteiger partial charge in [0.05, 0.1) is 10.2 Å². The van der Waals surface area contributed by atoms with Gasteiger partial charge in [0.2, 0.25) is 0 Å². The van der Waals surface area contributed by atoms with Crippen LogP contribution in [-0.2, 0) is 0 Å². The van der Waals surface area contributed by atoms with E-state index in [9.17, 15) is 4.79 Å². The molecule has 0 saturated carbocycles. The molecule has 0 unspecified atom stereocenters. The molecule has 0 bridgehead atoms. The van der Waals surface area contributed by atoms with Crippen molar-refractivity contribution >= 4 is 34.9 Å². The number of isothiocyanates is 1. The summed E-state index contributed by atoms with van der Waals surface area (Å²) in [5.41, 5.74) is 1.22. The van der Waals surface area contributed by atoms with Crippen LogP contribution in [0, 0.1) is 6.92 Å². The van der Waals surface area contributed by atoms with Crippen molar-refractivity contribution in [1.29, 1.82) is 0 Å². The number of halogens is 1. The fourth-order valence-corrected chi connectivity index (χ4v) is 1.87. The van der Waals surface area contributed by atoms with Crippen molar-refractivity contribution in [3.8, 4) is 11.3 Å². The molecule has 2 rings (SSSR count). The van der Waals surface area contributed by atoms with E-state index in [0.29, 0.717) is 22.0 Å². The lowest BCUT2D eigenvalue weighted by Gasteiger charge is -2.00. The third-order valence-electron chi connectivity index (χ3n) is 2.35. The molecule has 6 heteroatoms. The number of amides is 1. The highest BCUT2D eigenvalue weighted by molar-refractivity contribution is 7.78. The lowest BCUT2D eigenvalue weighted by Crippen LogP contribution is -1.98. The van der Waals surface area contributed by atoms with Crippen molar-refractivity contribution in [2.75, 3.05) is 0 Å². The first-order valence-corrected chi connectivity index (χ1v) is 5.77. The van der Waals surface area contributed by atoms with Crippen LogP contribution < -0.4 is 0 Å². The van der Waals surface area contributed by atoms with Crippen molar-refractivity contribution < 1.29 is 9.32 Å². The maximum Gasteiger partial charge on any atom is 0.291 e. The van der Waals surface area contributed by atoms with Crippen LogP contribution in [0.25, 0.3) is 11.3 Å². The lowest BCUT2D eigenvalue weighted by molar-refractivity contribution is 0.100. The molecular weight excluding hydrogens is 272 g/mol. The van der Waals surface area contributed by atoms with Gasteiger partial charge in [-0.3, -0.25) is 4.79 Å². The molecule has 0 aliphatic heterocycles. The van der Waals surface area contributed by atoms with Gasteiger partial charge >= 0.3 is 0 Å². The molecule has 0 atom stereocenters. The van der Waals surface area contributed by atoms with Crippen LogP contribution >= 0.6 is 23.8 Å². The average Bonchev–Trinajstić information content (AvgIpc) is 2.72. The Balaban J connectivity index is 2.64. The Morgan fingerprint density at radius 2 is 2.22 bits per heavy atom. The first kappa shape index (κ1) is 12.6. The molecule has 1 heterocycles. The van der Waals surface area contributed by atoms with E-state index in [1.165, 1.54) is 0 Å². The Hall–Kier alpha value is -1.81. The molecule has 0 spiro atoms. The maximum absolute atomic E-state index is 11.8. The summed E-state index contributed by atoms with van der Waals surface area (Å²) >= 11 is 10.5. The van der Waals surface area contributed by atoms with Gasteiger partial charge < -0.3 is 4.52 Å². The molecule has 18 heavy (non-hydrogen) atoms. The second-order valence-corrected chi connectivity index (χ2v) is 4.04. The third-order valence-corrected chi connectivity index (χ3v) is 2.77. The van der Waals surface area contributed by atoms with Crippen molar-refractivity contribution in [1.82, 2.24) is 5.16 Å². The Bertz CT molecular complexity index is 660. The number of rotatable bonds is 2. The number of benzene rings is 1. The first-order valence-electron chi connectivity index (χ1n) is 4.98. The summed E-state index contributed by atoms with van der Waals surface area (Å²) < 4.78 is 5.02. The van der Waals surface area contributed by atoms with Crippen molar-refractivity contribution in [2.24, 2.45) is 4.99 Å². The third kappa shape index (κ3) is 2.24. The Morgan fingerprint density at radius 3 is 2.89 bits per heavy atom.